The minimum atomic E-state index is -0.0650. The number of carbonyl (C=O) groups excluding carboxylic acids is 1. The number of nitrogens with zero attached hydrogens (tertiary/aromatic N) is 3. The first-order chi connectivity index (χ1) is 14.7. The van der Waals surface area contributed by atoms with Gasteiger partial charge >= 0.3 is 0 Å². The number of anilines is 1. The Hall–Kier alpha value is -2.90. The van der Waals surface area contributed by atoms with Crippen molar-refractivity contribution < 1.29 is 13.9 Å². The minimum Gasteiger partial charge on any atom is -0.441 e. The molecule has 0 radical (unpaired) electrons. The zero-order valence-corrected chi connectivity index (χ0v) is 17.3. The molecule has 156 valence electrons. The number of ether oxygens (including phenoxy) is 1. The SMILES string of the molecule is O=C(CCc1ncc(-c2ccccc2Cl)o1)NCc1ccc(N2CCOCC2)nc1. The lowest BCUT2D eigenvalue weighted by Gasteiger charge is -2.27. The van der Waals surface area contributed by atoms with Crippen molar-refractivity contribution in [2.24, 2.45) is 0 Å². The van der Waals surface area contributed by atoms with Gasteiger partial charge in [-0.1, -0.05) is 29.8 Å². The van der Waals surface area contributed by atoms with Gasteiger partial charge in [0.25, 0.3) is 0 Å². The molecule has 1 amide bonds. The molecule has 8 heteroatoms. The molecule has 0 spiro atoms. The molecular formula is C22H23ClN4O3. The minimum absolute atomic E-state index is 0.0650. The Bertz CT molecular complexity index is 984. The van der Waals surface area contributed by atoms with Crippen molar-refractivity contribution >= 4 is 23.3 Å². The van der Waals surface area contributed by atoms with Crippen LogP contribution in [0.2, 0.25) is 5.02 Å². The molecule has 7 nitrogen and oxygen atoms in total. The highest BCUT2D eigenvalue weighted by molar-refractivity contribution is 6.33. The predicted molar refractivity (Wildman–Crippen MR) is 114 cm³/mol. The monoisotopic (exact) mass is 426 g/mol. The molecule has 1 saturated heterocycles. The lowest BCUT2D eigenvalue weighted by Crippen LogP contribution is -2.36. The normalized spacial score (nSPS) is 14.0. The average Bonchev–Trinajstić information content (AvgIpc) is 3.26. The summed E-state index contributed by atoms with van der Waals surface area (Å²) in [6.07, 6.45) is 4.15. The third kappa shape index (κ3) is 5.17. The van der Waals surface area contributed by atoms with Crippen LogP contribution in [0.1, 0.15) is 17.9 Å². The first-order valence-electron chi connectivity index (χ1n) is 9.93. The third-order valence-corrected chi connectivity index (χ3v) is 5.22. The number of hydrogen-bond donors (Lipinski definition) is 1. The number of benzene rings is 1. The van der Waals surface area contributed by atoms with Gasteiger partial charge in [-0.15, -0.1) is 0 Å². The quantitative estimate of drug-likeness (QED) is 0.623. The highest BCUT2D eigenvalue weighted by Crippen LogP contribution is 2.28. The van der Waals surface area contributed by atoms with Gasteiger partial charge in [-0.05, 0) is 23.8 Å². The summed E-state index contributed by atoms with van der Waals surface area (Å²) >= 11 is 6.18. The van der Waals surface area contributed by atoms with Gasteiger partial charge in [0.1, 0.15) is 5.82 Å². The molecule has 0 aliphatic carbocycles. The van der Waals surface area contributed by atoms with Gasteiger partial charge in [0.2, 0.25) is 5.91 Å². The van der Waals surface area contributed by atoms with E-state index in [1.54, 1.807) is 18.5 Å². The summed E-state index contributed by atoms with van der Waals surface area (Å²) in [5, 5.41) is 3.52. The second-order valence-electron chi connectivity index (χ2n) is 7.00. The summed E-state index contributed by atoms with van der Waals surface area (Å²) in [5.74, 6) is 1.98. The van der Waals surface area contributed by atoms with E-state index in [0.29, 0.717) is 36.1 Å². The molecule has 0 bridgehead atoms. The van der Waals surface area contributed by atoms with Crippen molar-refractivity contribution in [2.75, 3.05) is 31.2 Å². The van der Waals surface area contributed by atoms with Crippen molar-refractivity contribution in [3.8, 4) is 11.3 Å². The predicted octanol–water partition coefficient (Wildman–Crippen LogP) is 3.48. The first kappa shape index (κ1) is 20.4. The van der Waals surface area contributed by atoms with Crippen LogP contribution in [0.4, 0.5) is 5.82 Å². The number of halogens is 1. The number of amides is 1. The van der Waals surface area contributed by atoms with Crippen molar-refractivity contribution in [1.82, 2.24) is 15.3 Å². The standard InChI is InChI=1S/C22H23ClN4O3/c23-18-4-2-1-3-17(18)19-15-26-22(30-19)8-7-21(28)25-14-16-5-6-20(24-13-16)27-9-11-29-12-10-27/h1-6,13,15H,7-12,14H2,(H,25,28). The van der Waals surface area contributed by atoms with Crippen molar-refractivity contribution in [3.05, 3.63) is 65.3 Å². The van der Waals surface area contributed by atoms with E-state index in [2.05, 4.69) is 20.2 Å². The molecule has 4 rings (SSSR count). The number of hydrogen-bond acceptors (Lipinski definition) is 6. The summed E-state index contributed by atoms with van der Waals surface area (Å²) in [6.45, 7) is 3.59. The summed E-state index contributed by atoms with van der Waals surface area (Å²) in [5.41, 5.74) is 1.74. The van der Waals surface area contributed by atoms with E-state index in [4.69, 9.17) is 20.8 Å². The molecule has 3 heterocycles. The van der Waals surface area contributed by atoms with E-state index in [-0.39, 0.29) is 5.91 Å². The fourth-order valence-corrected chi connectivity index (χ4v) is 3.45. The Labute approximate surface area is 180 Å². The average molecular weight is 427 g/mol. The number of aryl methyl sites for hydroxylation is 1. The molecule has 1 fully saturated rings. The smallest absolute Gasteiger partial charge is 0.220 e. The van der Waals surface area contributed by atoms with Gasteiger partial charge in [0.05, 0.1) is 24.4 Å². The number of morpholine rings is 1. The second kappa shape index (κ2) is 9.73. The number of carbonyl (C=O) groups is 1. The van der Waals surface area contributed by atoms with E-state index >= 15 is 0 Å². The third-order valence-electron chi connectivity index (χ3n) is 4.89. The van der Waals surface area contributed by atoms with Gasteiger partial charge in [-0.25, -0.2) is 9.97 Å². The topological polar surface area (TPSA) is 80.5 Å². The molecule has 2 aromatic heterocycles. The number of oxazole rings is 1. The number of rotatable bonds is 7. The zero-order chi connectivity index (χ0) is 20.8. The van der Waals surface area contributed by atoms with E-state index in [0.717, 1.165) is 43.2 Å². The molecule has 0 atom stereocenters. The van der Waals surface area contributed by atoms with E-state index in [1.165, 1.54) is 0 Å². The lowest BCUT2D eigenvalue weighted by molar-refractivity contribution is -0.121. The van der Waals surface area contributed by atoms with Crippen LogP contribution in [-0.4, -0.2) is 42.2 Å². The number of pyridine rings is 1. The molecule has 1 aromatic carbocycles. The van der Waals surface area contributed by atoms with Crippen molar-refractivity contribution in [2.45, 2.75) is 19.4 Å². The van der Waals surface area contributed by atoms with Gasteiger partial charge in [0.15, 0.2) is 11.7 Å². The summed E-state index contributed by atoms with van der Waals surface area (Å²) in [6, 6.07) is 11.4. The maximum absolute atomic E-state index is 12.2. The number of aromatic nitrogens is 2. The van der Waals surface area contributed by atoms with Gasteiger partial charge < -0.3 is 19.4 Å². The molecule has 1 N–H and O–H groups in total. The number of nitrogens with one attached hydrogen (secondary N) is 1. The van der Waals surface area contributed by atoms with Crippen LogP contribution in [0.3, 0.4) is 0 Å². The van der Waals surface area contributed by atoms with E-state index < -0.39 is 0 Å². The molecule has 1 aliphatic rings. The Morgan fingerprint density at radius 3 is 2.70 bits per heavy atom. The van der Waals surface area contributed by atoms with Gasteiger partial charge in [-0.2, -0.15) is 0 Å². The molecule has 30 heavy (non-hydrogen) atoms. The summed E-state index contributed by atoms with van der Waals surface area (Å²) in [7, 11) is 0. The Kier molecular flexibility index (Phi) is 6.61. The van der Waals surface area contributed by atoms with Crippen molar-refractivity contribution in [1.29, 1.82) is 0 Å². The van der Waals surface area contributed by atoms with Gasteiger partial charge in [0, 0.05) is 44.2 Å². The fraction of sp³-hybridized carbons (Fsp3) is 0.318. The molecule has 1 aliphatic heterocycles. The van der Waals surface area contributed by atoms with Crippen LogP contribution >= 0.6 is 11.6 Å². The van der Waals surface area contributed by atoms with Crippen LogP contribution in [0, 0.1) is 0 Å². The largest absolute Gasteiger partial charge is 0.441 e. The maximum Gasteiger partial charge on any atom is 0.220 e. The molecule has 0 saturated carbocycles. The molecule has 3 aromatic rings. The highest BCUT2D eigenvalue weighted by atomic mass is 35.5. The van der Waals surface area contributed by atoms with Crippen LogP contribution in [0.25, 0.3) is 11.3 Å². The Morgan fingerprint density at radius 1 is 1.10 bits per heavy atom. The fourth-order valence-electron chi connectivity index (χ4n) is 3.22. The molecule has 0 unspecified atom stereocenters. The van der Waals surface area contributed by atoms with Crippen LogP contribution in [0.15, 0.2) is 53.2 Å². The second-order valence-corrected chi connectivity index (χ2v) is 7.41. The van der Waals surface area contributed by atoms with Crippen LogP contribution < -0.4 is 10.2 Å². The first-order valence-corrected chi connectivity index (χ1v) is 10.3. The Morgan fingerprint density at radius 2 is 1.93 bits per heavy atom. The van der Waals surface area contributed by atoms with Gasteiger partial charge in [-0.3, -0.25) is 4.79 Å². The van der Waals surface area contributed by atoms with Crippen LogP contribution in [0.5, 0.6) is 0 Å². The lowest BCUT2D eigenvalue weighted by atomic mass is 10.2. The highest BCUT2D eigenvalue weighted by Gasteiger charge is 2.13. The maximum atomic E-state index is 12.2. The van der Waals surface area contributed by atoms with Crippen molar-refractivity contribution in [3.63, 3.8) is 0 Å². The Balaban J connectivity index is 1.24. The summed E-state index contributed by atoms with van der Waals surface area (Å²) in [4.78, 5) is 23.1. The van der Waals surface area contributed by atoms with E-state index in [1.807, 2.05) is 30.3 Å². The van der Waals surface area contributed by atoms with E-state index in [9.17, 15) is 4.79 Å². The molecular weight excluding hydrogens is 404 g/mol. The zero-order valence-electron chi connectivity index (χ0n) is 16.5. The summed E-state index contributed by atoms with van der Waals surface area (Å²) < 4.78 is 11.1. The van der Waals surface area contributed by atoms with Crippen LogP contribution in [-0.2, 0) is 22.5 Å².